The Labute approximate surface area is 308 Å². The molecule has 2 amide bonds. The van der Waals surface area contributed by atoms with Crippen molar-refractivity contribution in [3.63, 3.8) is 0 Å². The molecule has 1 saturated heterocycles. The van der Waals surface area contributed by atoms with Gasteiger partial charge in [0.2, 0.25) is 5.91 Å². The fourth-order valence-corrected chi connectivity index (χ4v) is 5.72. The molecule has 7 rings (SSSR count). The van der Waals surface area contributed by atoms with Crippen molar-refractivity contribution in [2.45, 2.75) is 19.3 Å². The summed E-state index contributed by atoms with van der Waals surface area (Å²) in [6, 6.07) is 35.9. The number of hydrogen-bond donors (Lipinski definition) is 2. The maximum atomic E-state index is 13.0. The van der Waals surface area contributed by atoms with Gasteiger partial charge in [-0.25, -0.2) is 4.39 Å². The van der Waals surface area contributed by atoms with Gasteiger partial charge in [-0.2, -0.15) is 0 Å². The summed E-state index contributed by atoms with van der Waals surface area (Å²) in [6.07, 6.45) is 8.56. The highest BCUT2D eigenvalue weighted by atomic mass is 19.1. The van der Waals surface area contributed by atoms with Crippen molar-refractivity contribution in [3.8, 4) is 45.4 Å². The number of nitrogens with zero attached hydrogens (tertiary/aromatic N) is 3. The molecule has 9 nitrogen and oxygen atoms in total. The first-order chi connectivity index (χ1) is 25.9. The van der Waals surface area contributed by atoms with E-state index in [9.17, 15) is 14.0 Å². The van der Waals surface area contributed by atoms with Crippen molar-refractivity contribution in [2.75, 3.05) is 26.2 Å². The molecule has 268 valence electrons. The number of aromatic nitrogens is 2. The Morgan fingerprint density at radius 3 is 1.87 bits per heavy atom. The maximum absolute atomic E-state index is 13.0. The first-order valence-electron chi connectivity index (χ1n) is 17.5. The lowest BCUT2D eigenvalue weighted by molar-refractivity contribution is 0.0945. The first-order valence-corrected chi connectivity index (χ1v) is 17.5. The molecule has 3 heterocycles. The monoisotopic (exact) mass is 709 g/mol. The average molecular weight is 710 g/mol. The van der Waals surface area contributed by atoms with Gasteiger partial charge in [-0.05, 0) is 122 Å². The number of likely N-dealkylation sites (tertiary alicyclic amines) is 1. The predicted molar refractivity (Wildman–Crippen MR) is 203 cm³/mol. The molecule has 0 aliphatic carbocycles. The molecule has 0 saturated carbocycles. The number of piperidine rings is 1. The Morgan fingerprint density at radius 1 is 0.660 bits per heavy atom. The Balaban J connectivity index is 0.000000192. The molecule has 53 heavy (non-hydrogen) atoms. The lowest BCUT2D eigenvalue weighted by Gasteiger charge is -2.26. The number of halogens is 1. The number of ether oxygens (including phenoxy) is 2. The summed E-state index contributed by atoms with van der Waals surface area (Å²) in [5.41, 5.74) is 9.69. The van der Waals surface area contributed by atoms with E-state index in [1.165, 1.54) is 37.6 Å². The smallest absolute Gasteiger partial charge is 0.252 e. The Hall–Kier alpha value is -6.39. The van der Waals surface area contributed by atoms with E-state index in [-0.39, 0.29) is 11.7 Å². The van der Waals surface area contributed by atoms with Gasteiger partial charge >= 0.3 is 0 Å². The third-order valence-electron chi connectivity index (χ3n) is 8.58. The van der Waals surface area contributed by atoms with E-state index in [4.69, 9.17) is 15.2 Å². The third-order valence-corrected chi connectivity index (χ3v) is 8.58. The third kappa shape index (κ3) is 10.8. The molecule has 1 aliphatic heterocycles. The minimum Gasteiger partial charge on any atom is -0.457 e. The molecule has 0 radical (unpaired) electrons. The number of primary amides is 1. The van der Waals surface area contributed by atoms with Crippen molar-refractivity contribution >= 4 is 11.8 Å². The van der Waals surface area contributed by atoms with Gasteiger partial charge in [0.15, 0.2) is 0 Å². The summed E-state index contributed by atoms with van der Waals surface area (Å²) in [4.78, 5) is 34.4. The zero-order valence-corrected chi connectivity index (χ0v) is 29.2. The van der Waals surface area contributed by atoms with Crippen LogP contribution in [0, 0.1) is 5.82 Å². The second kappa shape index (κ2) is 18.2. The second-order valence-electron chi connectivity index (χ2n) is 12.4. The number of hydrogen-bond acceptors (Lipinski definition) is 7. The van der Waals surface area contributed by atoms with Crippen LogP contribution in [0.1, 0.15) is 40.0 Å². The number of nitrogens with two attached hydrogens (primary N) is 1. The van der Waals surface area contributed by atoms with Crippen LogP contribution in [0.5, 0.6) is 23.0 Å². The molecule has 0 bridgehead atoms. The van der Waals surface area contributed by atoms with Gasteiger partial charge in [0.05, 0.1) is 16.8 Å². The minimum atomic E-state index is -0.488. The average Bonchev–Trinajstić information content (AvgIpc) is 3.20. The number of benzene rings is 4. The van der Waals surface area contributed by atoms with Crippen LogP contribution >= 0.6 is 0 Å². The molecule has 0 atom stereocenters. The SMILES string of the molecule is NC(=O)c1cncc(-c2ccc(Oc3ccccc3)cc2)c1.O=C(NCCN1CCCCC1)c1ccc(-c2ccc(Oc3ccc(F)cc3)cc2)nc1. The fourth-order valence-electron chi connectivity index (χ4n) is 5.72. The van der Waals surface area contributed by atoms with E-state index in [1.54, 1.807) is 36.7 Å². The molecule has 1 aliphatic rings. The lowest BCUT2D eigenvalue weighted by atomic mass is 10.1. The summed E-state index contributed by atoms with van der Waals surface area (Å²) in [7, 11) is 0. The van der Waals surface area contributed by atoms with E-state index in [2.05, 4.69) is 20.2 Å². The molecule has 6 aromatic rings. The van der Waals surface area contributed by atoms with Gasteiger partial charge in [0, 0.05) is 42.8 Å². The van der Waals surface area contributed by atoms with Crippen LogP contribution in [0.25, 0.3) is 22.4 Å². The van der Waals surface area contributed by atoms with Crippen LogP contribution in [0.3, 0.4) is 0 Å². The van der Waals surface area contributed by atoms with E-state index in [0.717, 1.165) is 53.5 Å². The molecule has 4 aromatic carbocycles. The van der Waals surface area contributed by atoms with E-state index in [1.807, 2.05) is 84.9 Å². The summed E-state index contributed by atoms with van der Waals surface area (Å²) >= 11 is 0. The van der Waals surface area contributed by atoms with Crippen molar-refractivity contribution in [1.82, 2.24) is 20.2 Å². The summed E-state index contributed by atoms with van der Waals surface area (Å²) in [5, 5.41) is 2.98. The van der Waals surface area contributed by atoms with Crippen LogP contribution < -0.4 is 20.5 Å². The van der Waals surface area contributed by atoms with E-state index in [0.29, 0.717) is 29.2 Å². The van der Waals surface area contributed by atoms with Crippen LogP contribution in [0.4, 0.5) is 4.39 Å². The number of nitrogens with one attached hydrogen (secondary N) is 1. The van der Waals surface area contributed by atoms with Gasteiger partial charge in [-0.15, -0.1) is 0 Å². The van der Waals surface area contributed by atoms with Crippen molar-refractivity contribution in [3.05, 3.63) is 157 Å². The van der Waals surface area contributed by atoms with E-state index >= 15 is 0 Å². The Morgan fingerprint density at radius 2 is 1.26 bits per heavy atom. The Bertz CT molecular complexity index is 2070. The van der Waals surface area contributed by atoms with Crippen molar-refractivity contribution in [2.24, 2.45) is 5.73 Å². The summed E-state index contributed by atoms with van der Waals surface area (Å²) in [6.45, 7) is 3.79. The number of amides is 2. The maximum Gasteiger partial charge on any atom is 0.252 e. The molecule has 2 aromatic heterocycles. The molecule has 10 heteroatoms. The first kappa shape index (κ1) is 36.4. The molecule has 0 spiro atoms. The van der Waals surface area contributed by atoms with Gasteiger partial charge in [0.25, 0.3) is 5.91 Å². The minimum absolute atomic E-state index is 0.0981. The zero-order valence-electron chi connectivity index (χ0n) is 29.2. The second-order valence-corrected chi connectivity index (χ2v) is 12.4. The van der Waals surface area contributed by atoms with Crippen LogP contribution in [-0.2, 0) is 0 Å². The lowest BCUT2D eigenvalue weighted by Crippen LogP contribution is -2.37. The standard InChI is InChI=1S/C25H26FN3O2.C18H14N2O2/c26-21-7-11-23(12-8-21)31-22-9-4-19(5-10-22)24-13-6-20(18-28-24)25(30)27-14-17-29-15-2-1-3-16-29;19-18(21)15-10-14(11-20-12-15)13-6-8-17(9-7-13)22-16-4-2-1-3-5-16/h4-13,18H,1-3,14-17H2,(H,27,30);1-12H,(H2,19,21). The normalized spacial score (nSPS) is 12.5. The van der Waals surface area contributed by atoms with Gasteiger partial charge < -0.3 is 25.4 Å². The predicted octanol–water partition coefficient (Wildman–Crippen LogP) is 8.54. The molecule has 0 unspecified atom stereocenters. The van der Waals surface area contributed by atoms with Gasteiger partial charge in [-0.3, -0.25) is 19.6 Å². The number of rotatable bonds is 11. The highest BCUT2D eigenvalue weighted by Crippen LogP contribution is 2.27. The number of carbonyl (C=O) groups excluding carboxylic acids is 2. The fraction of sp³-hybridized carbons (Fsp3) is 0.163. The van der Waals surface area contributed by atoms with Crippen molar-refractivity contribution < 1.29 is 23.5 Å². The number of para-hydroxylation sites is 1. The molecule has 3 N–H and O–H groups in total. The van der Waals surface area contributed by atoms with Crippen LogP contribution in [0.2, 0.25) is 0 Å². The van der Waals surface area contributed by atoms with Crippen molar-refractivity contribution in [1.29, 1.82) is 0 Å². The molecular weight excluding hydrogens is 670 g/mol. The van der Waals surface area contributed by atoms with Crippen LogP contribution in [0.15, 0.2) is 140 Å². The Kier molecular flexibility index (Phi) is 12.5. The largest absolute Gasteiger partial charge is 0.457 e. The number of carbonyl (C=O) groups is 2. The zero-order chi connectivity index (χ0) is 36.8. The van der Waals surface area contributed by atoms with Gasteiger partial charge in [0.1, 0.15) is 28.8 Å². The van der Waals surface area contributed by atoms with Crippen LogP contribution in [-0.4, -0.2) is 52.9 Å². The van der Waals surface area contributed by atoms with Gasteiger partial charge in [-0.1, -0.05) is 36.8 Å². The highest BCUT2D eigenvalue weighted by Gasteiger charge is 2.12. The van der Waals surface area contributed by atoms with E-state index < -0.39 is 5.91 Å². The number of pyridine rings is 2. The topological polar surface area (TPSA) is 120 Å². The highest BCUT2D eigenvalue weighted by molar-refractivity contribution is 5.94. The summed E-state index contributed by atoms with van der Waals surface area (Å²) < 4.78 is 24.4. The quantitative estimate of drug-likeness (QED) is 0.138. The summed E-state index contributed by atoms with van der Waals surface area (Å²) in [5.74, 6) is 1.87. The molecule has 1 fully saturated rings. The molecular formula is C43H40FN5O4.